The molecule has 4 rings (SSSR count). The normalized spacial score (nSPS) is 10.9. The Kier molecular flexibility index (Phi) is 6.59. The zero-order valence-electron chi connectivity index (χ0n) is 18.2. The molecular weight excluding hydrogens is 446 g/mol. The fourth-order valence-electron chi connectivity index (χ4n) is 3.24. The number of thioether (sulfide) groups is 1. The molecule has 2 aromatic carbocycles. The van der Waals surface area contributed by atoms with Crippen molar-refractivity contribution in [1.29, 1.82) is 0 Å². The van der Waals surface area contributed by atoms with Gasteiger partial charge in [-0.15, -0.1) is 5.10 Å². The Labute approximate surface area is 192 Å². The van der Waals surface area contributed by atoms with Crippen LogP contribution in [0.1, 0.15) is 18.1 Å². The van der Waals surface area contributed by atoms with Gasteiger partial charge in [-0.2, -0.15) is 4.68 Å². The van der Waals surface area contributed by atoms with Crippen LogP contribution in [0.15, 0.2) is 56.8 Å². The first-order valence-corrected chi connectivity index (χ1v) is 11.0. The maximum atomic E-state index is 12.2. The molecule has 0 atom stereocenters. The molecule has 0 saturated heterocycles. The number of amides is 1. The summed E-state index contributed by atoms with van der Waals surface area (Å²) >= 11 is 1.37. The smallest absolute Gasteiger partial charge is 0.411 e. The fraction of sp³-hybridized carbons (Fsp3) is 0.227. The van der Waals surface area contributed by atoms with Gasteiger partial charge in [-0.05, 0) is 59.7 Å². The van der Waals surface area contributed by atoms with E-state index in [9.17, 15) is 9.59 Å². The number of carbonyl (C=O) groups excluding carboxylic acids is 1. The van der Waals surface area contributed by atoms with Gasteiger partial charge in [-0.3, -0.25) is 5.32 Å². The highest BCUT2D eigenvalue weighted by Crippen LogP contribution is 2.30. The molecule has 1 amide bonds. The second-order valence-electron chi connectivity index (χ2n) is 6.98. The van der Waals surface area contributed by atoms with E-state index in [0.717, 1.165) is 22.2 Å². The molecule has 0 fully saturated rings. The van der Waals surface area contributed by atoms with Crippen molar-refractivity contribution in [2.75, 3.05) is 19.0 Å². The number of aryl methyl sites for hydroxylation is 1. The minimum Gasteiger partial charge on any atom is -0.494 e. The number of methoxy groups -OCH3 is 1. The van der Waals surface area contributed by atoms with Crippen molar-refractivity contribution in [1.82, 2.24) is 20.2 Å². The predicted molar refractivity (Wildman–Crippen MR) is 123 cm³/mol. The van der Waals surface area contributed by atoms with Crippen LogP contribution < -0.4 is 15.7 Å². The molecule has 0 radical (unpaired) electrons. The predicted octanol–water partition coefficient (Wildman–Crippen LogP) is 3.95. The molecule has 0 saturated carbocycles. The van der Waals surface area contributed by atoms with Crippen LogP contribution in [0.25, 0.3) is 16.7 Å². The van der Waals surface area contributed by atoms with E-state index in [1.165, 1.54) is 17.8 Å². The van der Waals surface area contributed by atoms with Crippen LogP contribution in [0.3, 0.4) is 0 Å². The zero-order valence-corrected chi connectivity index (χ0v) is 19.0. The Hall–Kier alpha value is -3.86. The molecule has 0 spiro atoms. The molecular formula is C22H21N5O5S. The summed E-state index contributed by atoms with van der Waals surface area (Å²) in [6, 6.07) is 12.3. The molecule has 2 aromatic heterocycles. The van der Waals surface area contributed by atoms with Gasteiger partial charge in [-0.1, -0.05) is 17.8 Å². The van der Waals surface area contributed by atoms with Gasteiger partial charge in [-0.25, -0.2) is 9.59 Å². The van der Waals surface area contributed by atoms with Crippen molar-refractivity contribution in [2.24, 2.45) is 0 Å². The Bertz CT molecular complexity index is 1370. The number of nitrogens with zero attached hydrogens (tertiary/aromatic N) is 4. The second kappa shape index (κ2) is 9.74. The molecule has 170 valence electrons. The van der Waals surface area contributed by atoms with Gasteiger partial charge in [0, 0.05) is 29.0 Å². The Morgan fingerprint density at radius 2 is 2.06 bits per heavy atom. The molecule has 0 bridgehead atoms. The zero-order chi connectivity index (χ0) is 23.4. The monoisotopic (exact) mass is 467 g/mol. The largest absolute Gasteiger partial charge is 0.494 e. The van der Waals surface area contributed by atoms with Crippen LogP contribution >= 0.6 is 11.8 Å². The summed E-state index contributed by atoms with van der Waals surface area (Å²) in [5.41, 5.74) is 2.83. The lowest BCUT2D eigenvalue weighted by molar-refractivity contribution is 0.168. The summed E-state index contributed by atoms with van der Waals surface area (Å²) in [7, 11) is 1.59. The van der Waals surface area contributed by atoms with Crippen molar-refractivity contribution in [3.8, 4) is 11.4 Å². The van der Waals surface area contributed by atoms with Crippen LogP contribution in [-0.2, 0) is 10.5 Å². The van der Waals surface area contributed by atoms with Crippen LogP contribution in [-0.4, -0.2) is 40.0 Å². The lowest BCUT2D eigenvalue weighted by Gasteiger charge is -2.11. The minimum atomic E-state index is -0.579. The number of hydrogen-bond acceptors (Lipinski definition) is 9. The lowest BCUT2D eigenvalue weighted by Crippen LogP contribution is -2.13. The van der Waals surface area contributed by atoms with Gasteiger partial charge < -0.3 is 13.9 Å². The number of carbonyl (C=O) groups is 1. The van der Waals surface area contributed by atoms with Crippen molar-refractivity contribution in [3.05, 3.63) is 64.0 Å². The van der Waals surface area contributed by atoms with Gasteiger partial charge in [0.05, 0.1) is 13.7 Å². The number of benzene rings is 2. The molecule has 33 heavy (non-hydrogen) atoms. The van der Waals surface area contributed by atoms with Crippen molar-refractivity contribution < 1.29 is 18.7 Å². The van der Waals surface area contributed by atoms with Crippen LogP contribution in [0, 0.1) is 6.92 Å². The number of nitrogens with one attached hydrogen (secondary N) is 1. The SMILES string of the molecule is CCOC(=O)Nc1ccc2c(CSc3nnnn3-c3cc(C)ccc3OC)cc(=O)oc2c1. The van der Waals surface area contributed by atoms with Crippen molar-refractivity contribution in [2.45, 2.75) is 24.8 Å². The molecule has 1 N–H and O–H groups in total. The highest BCUT2D eigenvalue weighted by molar-refractivity contribution is 7.98. The number of tetrazole rings is 1. The number of fused-ring (bicyclic) bond motifs is 1. The molecule has 2 heterocycles. The van der Waals surface area contributed by atoms with E-state index in [2.05, 4.69) is 20.8 Å². The highest BCUT2D eigenvalue weighted by atomic mass is 32.2. The summed E-state index contributed by atoms with van der Waals surface area (Å²) in [6.07, 6.45) is -0.579. The number of rotatable bonds is 7. The van der Waals surface area contributed by atoms with E-state index >= 15 is 0 Å². The Morgan fingerprint density at radius 1 is 1.21 bits per heavy atom. The highest BCUT2D eigenvalue weighted by Gasteiger charge is 2.15. The van der Waals surface area contributed by atoms with E-state index < -0.39 is 11.7 Å². The number of anilines is 1. The van der Waals surface area contributed by atoms with Crippen LogP contribution in [0.4, 0.5) is 10.5 Å². The summed E-state index contributed by atoms with van der Waals surface area (Å²) in [4.78, 5) is 23.8. The molecule has 11 heteroatoms. The number of ether oxygens (including phenoxy) is 2. The molecule has 4 aromatic rings. The van der Waals surface area contributed by atoms with Gasteiger partial charge in [0.1, 0.15) is 17.0 Å². The Balaban J connectivity index is 1.61. The third-order valence-electron chi connectivity index (χ3n) is 4.71. The topological polar surface area (TPSA) is 121 Å². The second-order valence-corrected chi connectivity index (χ2v) is 7.93. The molecule has 10 nitrogen and oxygen atoms in total. The Morgan fingerprint density at radius 3 is 2.85 bits per heavy atom. The van der Waals surface area contributed by atoms with E-state index in [4.69, 9.17) is 13.9 Å². The number of hydrogen-bond donors (Lipinski definition) is 1. The van der Waals surface area contributed by atoms with E-state index in [1.54, 1.807) is 36.9 Å². The molecule has 0 aliphatic rings. The summed E-state index contributed by atoms with van der Waals surface area (Å²) < 4.78 is 17.3. The molecule has 0 aliphatic heterocycles. The summed E-state index contributed by atoms with van der Waals surface area (Å²) in [5.74, 6) is 1.06. The molecule has 0 aliphatic carbocycles. The van der Waals surface area contributed by atoms with Crippen molar-refractivity contribution in [3.63, 3.8) is 0 Å². The third kappa shape index (κ3) is 4.98. The summed E-state index contributed by atoms with van der Waals surface area (Å²) in [6.45, 7) is 3.94. The maximum absolute atomic E-state index is 12.2. The average molecular weight is 468 g/mol. The van der Waals surface area contributed by atoms with Crippen LogP contribution in [0.2, 0.25) is 0 Å². The third-order valence-corrected chi connectivity index (χ3v) is 5.68. The fourth-order valence-corrected chi connectivity index (χ4v) is 4.11. The van der Waals surface area contributed by atoms with Gasteiger partial charge >= 0.3 is 11.7 Å². The standard InChI is InChI=1S/C22H21N5O5S/c1-4-31-22(29)23-15-6-7-16-14(10-20(28)32-19(16)11-15)12-33-21-24-25-26-27(21)17-9-13(2)5-8-18(17)30-3/h5-11H,4,12H2,1-3H3,(H,23,29). The van der Waals surface area contributed by atoms with E-state index in [-0.39, 0.29) is 6.61 Å². The van der Waals surface area contributed by atoms with Crippen LogP contribution in [0.5, 0.6) is 5.75 Å². The quantitative estimate of drug-likeness (QED) is 0.318. The number of aromatic nitrogens is 4. The first-order valence-electron chi connectivity index (χ1n) is 10.0. The average Bonchev–Trinajstić information content (AvgIpc) is 3.25. The van der Waals surface area contributed by atoms with Gasteiger partial charge in [0.25, 0.3) is 0 Å². The molecule has 0 unspecified atom stereocenters. The lowest BCUT2D eigenvalue weighted by atomic mass is 10.1. The maximum Gasteiger partial charge on any atom is 0.411 e. The van der Waals surface area contributed by atoms with Gasteiger partial charge in [0.2, 0.25) is 5.16 Å². The first-order chi connectivity index (χ1) is 16.0. The minimum absolute atomic E-state index is 0.254. The van der Waals surface area contributed by atoms with Gasteiger partial charge in [0.15, 0.2) is 0 Å². The van der Waals surface area contributed by atoms with Crippen molar-refractivity contribution >= 4 is 34.5 Å². The summed E-state index contributed by atoms with van der Waals surface area (Å²) in [5, 5.41) is 15.9. The first kappa shape index (κ1) is 22.3. The van der Waals surface area contributed by atoms with E-state index in [0.29, 0.717) is 27.9 Å². The van der Waals surface area contributed by atoms with E-state index in [1.807, 2.05) is 25.1 Å².